The number of aliphatic hydroxyl groups excluding tert-OH is 1. The maximum atomic E-state index is 11.4. The highest BCUT2D eigenvalue weighted by atomic mass is 16.9. The van der Waals surface area contributed by atoms with Gasteiger partial charge in [0.1, 0.15) is 0 Å². The zero-order chi connectivity index (χ0) is 18.4. The molecule has 0 aromatic heterocycles. The molecule has 9 nitrogen and oxygen atoms in total. The lowest BCUT2D eigenvalue weighted by Gasteiger charge is -2.24. The zero-order valence-electron chi connectivity index (χ0n) is 14.8. The molecular weight excluding hydrogens is 306 g/mol. The minimum absolute atomic E-state index is 0.0444. The van der Waals surface area contributed by atoms with E-state index in [-0.39, 0.29) is 12.6 Å². The van der Waals surface area contributed by atoms with Gasteiger partial charge in [0.15, 0.2) is 0 Å². The van der Waals surface area contributed by atoms with E-state index >= 15 is 0 Å². The molecule has 0 radical (unpaired) electrons. The van der Waals surface area contributed by atoms with Crippen LogP contribution in [0.2, 0.25) is 0 Å². The van der Waals surface area contributed by atoms with Crippen LogP contribution in [0.3, 0.4) is 0 Å². The Morgan fingerprint density at radius 1 is 1.43 bits per heavy atom. The molecule has 0 aromatic rings. The number of carbonyl (C=O) groups excluding carboxylic acids is 1. The Kier molecular flexibility index (Phi) is 14.7. The molecule has 0 bridgehead atoms. The monoisotopic (exact) mass is 337 g/mol. The van der Waals surface area contributed by atoms with E-state index in [0.29, 0.717) is 24.8 Å². The highest BCUT2D eigenvalue weighted by Gasteiger charge is 2.32. The van der Waals surface area contributed by atoms with E-state index in [0.717, 1.165) is 19.4 Å². The first-order valence-corrected chi connectivity index (χ1v) is 7.68. The molecule has 0 saturated carbocycles. The summed E-state index contributed by atoms with van der Waals surface area (Å²) in [6, 6.07) is 0.364. The number of hydrogen-bond donors (Lipinski definition) is 2. The van der Waals surface area contributed by atoms with Crippen LogP contribution in [0, 0.1) is 16.0 Å². The highest BCUT2D eigenvalue weighted by Crippen LogP contribution is 2.26. The number of rotatable bonds is 5. The van der Waals surface area contributed by atoms with Crippen molar-refractivity contribution in [3.8, 4) is 0 Å². The first-order valence-electron chi connectivity index (χ1n) is 7.68. The first-order chi connectivity index (χ1) is 10.6. The third-order valence-corrected chi connectivity index (χ3v) is 3.01. The summed E-state index contributed by atoms with van der Waals surface area (Å²) in [7, 11) is 6.00. The molecule has 1 heterocycles. The van der Waals surface area contributed by atoms with Gasteiger partial charge in [-0.15, -0.1) is 15.2 Å². The molecule has 1 rings (SSSR count). The summed E-state index contributed by atoms with van der Waals surface area (Å²) in [5.74, 6) is 0.372. The van der Waals surface area contributed by atoms with Gasteiger partial charge in [-0.3, -0.25) is 4.79 Å². The maximum Gasteiger partial charge on any atom is 0.325 e. The highest BCUT2D eigenvalue weighted by molar-refractivity contribution is 5.68. The van der Waals surface area contributed by atoms with Crippen molar-refractivity contribution < 1.29 is 25.0 Å². The summed E-state index contributed by atoms with van der Waals surface area (Å²) in [5, 5.41) is 24.0. The van der Waals surface area contributed by atoms with Crippen molar-refractivity contribution in [2.75, 3.05) is 34.3 Å². The molecule has 0 aliphatic carbocycles. The van der Waals surface area contributed by atoms with Crippen molar-refractivity contribution >= 4 is 5.97 Å². The second-order valence-electron chi connectivity index (χ2n) is 5.75. The van der Waals surface area contributed by atoms with E-state index in [2.05, 4.69) is 13.8 Å². The van der Waals surface area contributed by atoms with Gasteiger partial charge in [0.25, 0.3) is 5.09 Å². The largest absolute Gasteiger partial charge is 0.396 e. The minimum Gasteiger partial charge on any atom is -0.396 e. The lowest BCUT2D eigenvalue weighted by atomic mass is 10.0. The molecule has 138 valence electrons. The summed E-state index contributed by atoms with van der Waals surface area (Å²) >= 11 is 0. The zero-order valence-corrected chi connectivity index (χ0v) is 14.8. The quantitative estimate of drug-likeness (QED) is 0.567. The minimum atomic E-state index is -1.50. The summed E-state index contributed by atoms with van der Waals surface area (Å²) in [4.78, 5) is 27.0. The van der Waals surface area contributed by atoms with Crippen molar-refractivity contribution in [2.45, 2.75) is 45.6 Å². The number of carbonyl (C=O) groups is 1. The van der Waals surface area contributed by atoms with Crippen molar-refractivity contribution in [3.05, 3.63) is 10.1 Å². The second-order valence-corrected chi connectivity index (χ2v) is 5.75. The van der Waals surface area contributed by atoms with E-state index in [9.17, 15) is 4.79 Å². The molecule has 0 aromatic carbocycles. The summed E-state index contributed by atoms with van der Waals surface area (Å²) < 4.78 is 0. The Balaban J connectivity index is 0. The van der Waals surface area contributed by atoms with Gasteiger partial charge in [0.2, 0.25) is 0 Å². The Morgan fingerprint density at radius 2 is 1.91 bits per heavy atom. The van der Waals surface area contributed by atoms with Gasteiger partial charge in [-0.25, -0.2) is 0 Å². The molecule has 1 aliphatic rings. The van der Waals surface area contributed by atoms with Gasteiger partial charge in [-0.1, -0.05) is 13.8 Å². The van der Waals surface area contributed by atoms with Crippen molar-refractivity contribution in [3.63, 3.8) is 0 Å². The molecule has 1 aliphatic heterocycles. The average molecular weight is 337 g/mol. The fourth-order valence-electron chi connectivity index (χ4n) is 2.09. The molecule has 2 atom stereocenters. The molecule has 1 fully saturated rings. The second kappa shape index (κ2) is 14.2. The SMILES string of the molecule is CCC1C(C)CCN1OC(=O)CCCO.CN(C)C.O=[N+]([O-])O. The molecular formula is C14H31N3O6. The predicted octanol–water partition coefficient (Wildman–Crippen LogP) is 1.17. The lowest BCUT2D eigenvalue weighted by Crippen LogP contribution is -2.33. The Morgan fingerprint density at radius 3 is 2.30 bits per heavy atom. The predicted molar refractivity (Wildman–Crippen MR) is 85.4 cm³/mol. The van der Waals surface area contributed by atoms with Crippen LogP contribution in [0.1, 0.15) is 39.5 Å². The van der Waals surface area contributed by atoms with Gasteiger partial charge in [-0.05, 0) is 46.3 Å². The average Bonchev–Trinajstić information content (AvgIpc) is 2.75. The number of nitrogens with zero attached hydrogens (tertiary/aromatic N) is 3. The molecule has 0 spiro atoms. The third kappa shape index (κ3) is 15.2. The summed E-state index contributed by atoms with van der Waals surface area (Å²) in [6.07, 6.45) is 2.89. The van der Waals surface area contributed by atoms with Crippen molar-refractivity contribution in [2.24, 2.45) is 5.92 Å². The Labute approximate surface area is 137 Å². The van der Waals surface area contributed by atoms with Crippen molar-refractivity contribution in [1.82, 2.24) is 9.96 Å². The summed E-state index contributed by atoms with van der Waals surface area (Å²) in [5.41, 5.74) is 0. The molecule has 1 saturated heterocycles. The molecule has 23 heavy (non-hydrogen) atoms. The molecule has 0 amide bonds. The van der Waals surface area contributed by atoms with Crippen LogP contribution >= 0.6 is 0 Å². The Bertz CT molecular complexity index is 321. The normalized spacial score (nSPS) is 20.1. The molecule has 2 N–H and O–H groups in total. The number of aliphatic hydroxyl groups is 1. The van der Waals surface area contributed by atoms with Crippen LogP contribution in [0.5, 0.6) is 0 Å². The van der Waals surface area contributed by atoms with E-state index in [1.165, 1.54) is 0 Å². The van der Waals surface area contributed by atoms with E-state index in [1.807, 2.05) is 31.1 Å². The maximum absolute atomic E-state index is 11.4. The topological polar surface area (TPSA) is 116 Å². The first kappa shape index (κ1) is 23.8. The standard InChI is InChI=1S/C11H21NO3.C3H9N.HNO3/c1-3-10-9(2)6-7-12(10)15-11(14)5-4-8-13;1-4(2)3;2-1(3)4/h9-10,13H,3-8H2,1-2H3;1-3H3;(H,2,3,4). The van der Waals surface area contributed by atoms with Crippen molar-refractivity contribution in [1.29, 1.82) is 0 Å². The van der Waals surface area contributed by atoms with Crippen LogP contribution in [0.4, 0.5) is 0 Å². The third-order valence-electron chi connectivity index (χ3n) is 3.01. The van der Waals surface area contributed by atoms with Crippen LogP contribution in [0.25, 0.3) is 0 Å². The van der Waals surface area contributed by atoms with E-state index in [1.54, 1.807) is 0 Å². The van der Waals surface area contributed by atoms with Gasteiger partial charge in [0, 0.05) is 25.6 Å². The van der Waals surface area contributed by atoms with E-state index < -0.39 is 5.09 Å². The summed E-state index contributed by atoms with van der Waals surface area (Å²) in [6.45, 7) is 5.18. The Hall–Kier alpha value is -1.45. The number of hydroxylamine groups is 2. The molecule has 2 unspecified atom stereocenters. The smallest absolute Gasteiger partial charge is 0.325 e. The van der Waals surface area contributed by atoms with Gasteiger partial charge >= 0.3 is 5.97 Å². The van der Waals surface area contributed by atoms with E-state index in [4.69, 9.17) is 25.3 Å². The van der Waals surface area contributed by atoms with Gasteiger partial charge < -0.3 is 20.1 Å². The fourth-order valence-corrected chi connectivity index (χ4v) is 2.09. The van der Waals surface area contributed by atoms with Crippen LogP contribution in [-0.2, 0) is 9.63 Å². The molecule has 9 heteroatoms. The van der Waals surface area contributed by atoms with Gasteiger partial charge in [0.05, 0.1) is 0 Å². The van der Waals surface area contributed by atoms with Crippen LogP contribution in [-0.4, -0.2) is 71.7 Å². The van der Waals surface area contributed by atoms with Crippen LogP contribution < -0.4 is 0 Å². The van der Waals surface area contributed by atoms with Gasteiger partial charge in [-0.2, -0.15) is 0 Å². The fraction of sp³-hybridized carbons (Fsp3) is 0.929. The lowest BCUT2D eigenvalue weighted by molar-refractivity contribution is -0.742. The van der Waals surface area contributed by atoms with Crippen LogP contribution in [0.15, 0.2) is 0 Å². The number of hydrogen-bond acceptors (Lipinski definition) is 7.